The van der Waals surface area contributed by atoms with Gasteiger partial charge in [0.05, 0.1) is 25.1 Å². The topological polar surface area (TPSA) is 274 Å². The maximum atomic E-state index is 13.7. The van der Waals surface area contributed by atoms with Gasteiger partial charge in [-0.05, 0) is 11.8 Å². The summed E-state index contributed by atoms with van der Waals surface area (Å²) in [5, 5.41) is 29.0. The summed E-state index contributed by atoms with van der Waals surface area (Å²) in [6.45, 7) is 7.06. The number of carboxylic acid groups (broad SMARTS) is 2. The van der Waals surface area contributed by atoms with Crippen LogP contribution in [0, 0.1) is 11.8 Å². The molecule has 0 aromatic carbocycles. The number of rotatable bonds is 19. The smallest absolute Gasteiger partial charge is 0.326 e. The van der Waals surface area contributed by atoms with E-state index < -0.39 is 84.0 Å². The van der Waals surface area contributed by atoms with Crippen molar-refractivity contribution < 1.29 is 39.0 Å². The van der Waals surface area contributed by atoms with E-state index in [4.69, 9.17) is 10.8 Å². The highest BCUT2D eigenvalue weighted by Gasteiger charge is 2.35. The molecule has 4 amide bonds. The van der Waals surface area contributed by atoms with Gasteiger partial charge in [-0.3, -0.25) is 24.0 Å². The SMILES string of the molecule is CC[C@H](C)[C@H](NC(=O)[C@H](Cc1cnc[nH]1)NC(=O)[C@@H](N)CC(=O)O)C(=O)N[C@H](C(=O)N[C@@H](Cc1cnc[nH]1)C(=O)O)[C@@H](C)CC. The lowest BCUT2D eigenvalue weighted by molar-refractivity contribution is -0.142. The van der Waals surface area contributed by atoms with E-state index >= 15 is 0 Å². The van der Waals surface area contributed by atoms with Gasteiger partial charge < -0.3 is 47.2 Å². The molecule has 0 radical (unpaired) electrons. The van der Waals surface area contributed by atoms with Crippen molar-refractivity contribution in [1.82, 2.24) is 41.2 Å². The molecule has 248 valence electrons. The molecule has 7 atom stereocenters. The van der Waals surface area contributed by atoms with Crippen LogP contribution < -0.4 is 27.0 Å². The molecule has 0 bridgehead atoms. The van der Waals surface area contributed by atoms with Crippen LogP contribution in [0.15, 0.2) is 25.0 Å². The van der Waals surface area contributed by atoms with Crippen molar-refractivity contribution in [3.8, 4) is 0 Å². The van der Waals surface area contributed by atoms with Crippen LogP contribution in [0.2, 0.25) is 0 Å². The second kappa shape index (κ2) is 17.5. The van der Waals surface area contributed by atoms with Gasteiger partial charge in [-0.15, -0.1) is 0 Å². The fourth-order valence-electron chi connectivity index (χ4n) is 4.36. The third-order valence-corrected chi connectivity index (χ3v) is 7.52. The quantitative estimate of drug-likeness (QED) is 0.0889. The number of carboxylic acids is 2. The lowest BCUT2D eigenvalue weighted by atomic mass is 9.94. The van der Waals surface area contributed by atoms with Crippen LogP contribution in [0.1, 0.15) is 58.3 Å². The molecule has 0 saturated carbocycles. The third-order valence-electron chi connectivity index (χ3n) is 7.52. The van der Waals surface area contributed by atoms with Gasteiger partial charge in [-0.2, -0.15) is 0 Å². The first kappa shape index (κ1) is 36.4. The molecule has 0 spiro atoms. The normalized spacial score (nSPS) is 15.8. The van der Waals surface area contributed by atoms with E-state index in [1.54, 1.807) is 20.8 Å². The van der Waals surface area contributed by atoms with Crippen molar-refractivity contribution in [3.05, 3.63) is 36.4 Å². The summed E-state index contributed by atoms with van der Waals surface area (Å²) in [5.74, 6) is -6.44. The second-order valence-corrected chi connectivity index (χ2v) is 11.0. The summed E-state index contributed by atoms with van der Waals surface area (Å²) in [6.07, 6.45) is 5.76. The standard InChI is InChI=1S/C28H43N9O8/c1-5-14(3)22(26(42)35-20(28(44)45)8-17-11-31-13-33-17)37-27(43)23(15(4)6-2)36-25(41)19(7-16-10-30-12-32-16)34-24(40)18(29)9-21(38)39/h10-15,18-20,22-23H,5-9,29H2,1-4H3,(H,30,32)(H,31,33)(H,34,40)(H,35,42)(H,36,41)(H,37,43)(H,38,39)(H,44,45)/t14-,15-,18-,19-,20-,22-,23-/m0/s1. The van der Waals surface area contributed by atoms with E-state index in [2.05, 4.69) is 41.2 Å². The summed E-state index contributed by atoms with van der Waals surface area (Å²) < 4.78 is 0. The number of imidazole rings is 2. The molecule has 0 aliphatic heterocycles. The van der Waals surface area contributed by atoms with Crippen molar-refractivity contribution in [2.24, 2.45) is 17.6 Å². The van der Waals surface area contributed by atoms with Crippen LogP contribution in [0.4, 0.5) is 0 Å². The van der Waals surface area contributed by atoms with Gasteiger partial charge in [-0.1, -0.05) is 40.5 Å². The predicted molar refractivity (Wildman–Crippen MR) is 159 cm³/mol. The van der Waals surface area contributed by atoms with Crippen LogP contribution in [0.5, 0.6) is 0 Å². The van der Waals surface area contributed by atoms with Gasteiger partial charge in [0.2, 0.25) is 23.6 Å². The summed E-state index contributed by atoms with van der Waals surface area (Å²) in [4.78, 5) is 89.4. The Morgan fingerprint density at radius 1 is 0.733 bits per heavy atom. The monoisotopic (exact) mass is 633 g/mol. The number of aromatic amines is 2. The first-order valence-electron chi connectivity index (χ1n) is 14.6. The average Bonchev–Trinajstić information content (AvgIpc) is 3.71. The molecule has 10 N–H and O–H groups in total. The number of hydrogen-bond acceptors (Lipinski definition) is 9. The minimum Gasteiger partial charge on any atom is -0.481 e. The maximum Gasteiger partial charge on any atom is 0.326 e. The van der Waals surface area contributed by atoms with Crippen LogP contribution in [-0.4, -0.2) is 95.9 Å². The highest BCUT2D eigenvalue weighted by atomic mass is 16.4. The molecule has 2 rings (SSSR count). The van der Waals surface area contributed by atoms with E-state index in [1.165, 1.54) is 25.0 Å². The summed E-state index contributed by atoms with van der Waals surface area (Å²) in [7, 11) is 0. The fourth-order valence-corrected chi connectivity index (χ4v) is 4.36. The van der Waals surface area contributed by atoms with E-state index in [0.717, 1.165) is 0 Å². The van der Waals surface area contributed by atoms with E-state index in [-0.39, 0.29) is 12.8 Å². The van der Waals surface area contributed by atoms with Gasteiger partial charge in [0.1, 0.15) is 24.2 Å². The van der Waals surface area contributed by atoms with Crippen molar-refractivity contribution in [2.45, 2.75) is 90.0 Å². The summed E-state index contributed by atoms with van der Waals surface area (Å²) in [6, 6.07) is -6.28. The number of hydrogen-bond donors (Lipinski definition) is 9. The van der Waals surface area contributed by atoms with Gasteiger partial charge >= 0.3 is 11.9 Å². The molecule has 45 heavy (non-hydrogen) atoms. The Kier molecular flexibility index (Phi) is 14.1. The molecule has 17 nitrogen and oxygen atoms in total. The van der Waals surface area contributed by atoms with Crippen molar-refractivity contribution >= 4 is 35.6 Å². The van der Waals surface area contributed by atoms with E-state index in [1.807, 2.05) is 6.92 Å². The predicted octanol–water partition coefficient (Wildman–Crippen LogP) is -1.16. The highest BCUT2D eigenvalue weighted by Crippen LogP contribution is 2.14. The number of aliphatic carboxylic acids is 2. The molecule has 0 aliphatic rings. The van der Waals surface area contributed by atoms with Gasteiger partial charge in [0.15, 0.2) is 0 Å². The molecule has 0 fully saturated rings. The Bertz CT molecular complexity index is 1280. The Morgan fingerprint density at radius 2 is 1.18 bits per heavy atom. The molecular formula is C28H43N9O8. The van der Waals surface area contributed by atoms with Crippen molar-refractivity contribution in [3.63, 3.8) is 0 Å². The molecule has 2 aromatic heterocycles. The Labute approximate surface area is 259 Å². The molecule has 0 saturated heterocycles. The zero-order valence-corrected chi connectivity index (χ0v) is 25.7. The number of amides is 4. The minimum absolute atomic E-state index is 0.0621. The van der Waals surface area contributed by atoms with Gasteiger partial charge in [0.25, 0.3) is 0 Å². The lowest BCUT2D eigenvalue weighted by Gasteiger charge is -2.30. The number of carbonyl (C=O) groups excluding carboxylic acids is 4. The van der Waals surface area contributed by atoms with Crippen LogP contribution in [0.3, 0.4) is 0 Å². The number of nitrogens with one attached hydrogen (secondary N) is 6. The Hall–Kier alpha value is -4.80. The van der Waals surface area contributed by atoms with E-state index in [0.29, 0.717) is 24.2 Å². The number of H-pyrrole nitrogens is 2. The maximum absolute atomic E-state index is 13.7. The number of carbonyl (C=O) groups is 6. The average molecular weight is 634 g/mol. The molecule has 0 unspecified atom stereocenters. The number of nitrogens with zero attached hydrogens (tertiary/aromatic N) is 2. The minimum atomic E-state index is -1.43. The van der Waals surface area contributed by atoms with Crippen molar-refractivity contribution in [2.75, 3.05) is 0 Å². The first-order chi connectivity index (χ1) is 21.3. The third kappa shape index (κ3) is 11.3. The molecule has 17 heteroatoms. The Balaban J connectivity index is 2.26. The lowest BCUT2D eigenvalue weighted by Crippen LogP contribution is -2.61. The molecule has 2 aromatic rings. The first-order valence-corrected chi connectivity index (χ1v) is 14.6. The second-order valence-electron chi connectivity index (χ2n) is 11.0. The van der Waals surface area contributed by atoms with Gasteiger partial charge in [-0.25, -0.2) is 14.8 Å². The zero-order chi connectivity index (χ0) is 33.7. The molecule has 2 heterocycles. The number of aromatic nitrogens is 4. The summed E-state index contributed by atoms with van der Waals surface area (Å²) >= 11 is 0. The zero-order valence-electron chi connectivity index (χ0n) is 25.7. The highest BCUT2D eigenvalue weighted by molar-refractivity contribution is 5.96. The Morgan fingerprint density at radius 3 is 1.60 bits per heavy atom. The van der Waals surface area contributed by atoms with Crippen LogP contribution in [-0.2, 0) is 41.6 Å². The summed E-state index contributed by atoms with van der Waals surface area (Å²) in [5.41, 5.74) is 6.65. The van der Waals surface area contributed by atoms with Gasteiger partial charge in [0, 0.05) is 36.6 Å². The van der Waals surface area contributed by atoms with E-state index in [9.17, 15) is 33.9 Å². The number of nitrogens with two attached hydrogens (primary N) is 1. The fraction of sp³-hybridized carbons (Fsp3) is 0.571. The van der Waals surface area contributed by atoms with Crippen LogP contribution in [0.25, 0.3) is 0 Å². The molecular weight excluding hydrogens is 590 g/mol. The van der Waals surface area contributed by atoms with Crippen molar-refractivity contribution in [1.29, 1.82) is 0 Å². The largest absolute Gasteiger partial charge is 0.481 e. The van der Waals surface area contributed by atoms with Crippen LogP contribution >= 0.6 is 0 Å². The molecule has 0 aliphatic carbocycles.